The molecule has 10 heteroatoms. The molecule has 0 amide bonds. The smallest absolute Gasteiger partial charge is 0.341 e. The molecule has 0 aliphatic heterocycles. The molecular weight excluding hydrogens is 476 g/mol. The van der Waals surface area contributed by atoms with Gasteiger partial charge >= 0.3 is 5.97 Å². The number of carboxylic acids is 1. The van der Waals surface area contributed by atoms with Crippen LogP contribution in [-0.4, -0.2) is 35.0 Å². The zero-order valence-corrected chi connectivity index (χ0v) is 20.3. The maximum absolute atomic E-state index is 11.2. The van der Waals surface area contributed by atoms with Crippen molar-refractivity contribution in [1.82, 2.24) is 0 Å². The van der Waals surface area contributed by atoms with Crippen LogP contribution in [-0.2, 0) is 4.79 Å². The Balaban J connectivity index is 1.76. The second kappa shape index (κ2) is 10.7. The van der Waals surface area contributed by atoms with Gasteiger partial charge in [-0.25, -0.2) is 4.79 Å². The highest BCUT2D eigenvalue weighted by Gasteiger charge is 2.15. The zero-order chi connectivity index (χ0) is 26.5. The number of azo groups is 2. The molecule has 188 valence electrons. The third-order valence-electron chi connectivity index (χ3n) is 5.43. The van der Waals surface area contributed by atoms with Gasteiger partial charge in [0.05, 0.1) is 12.8 Å². The lowest BCUT2D eigenvalue weighted by Gasteiger charge is -2.11. The maximum Gasteiger partial charge on any atom is 0.341 e. The van der Waals surface area contributed by atoms with Gasteiger partial charge in [-0.3, -0.25) is 0 Å². The number of hydrogen-bond donors (Lipinski definition) is 3. The monoisotopic (exact) mass is 500 g/mol. The van der Waals surface area contributed by atoms with Gasteiger partial charge in [-0.15, -0.1) is 15.3 Å². The van der Waals surface area contributed by atoms with Gasteiger partial charge in [-0.05, 0) is 61.2 Å². The molecule has 37 heavy (non-hydrogen) atoms. The molecule has 0 aliphatic carbocycles. The van der Waals surface area contributed by atoms with E-state index in [0.717, 1.165) is 10.9 Å². The molecule has 0 aliphatic rings. The Labute approximate surface area is 212 Å². The number of benzene rings is 4. The lowest BCUT2D eigenvalue weighted by atomic mass is 10.0. The summed E-state index contributed by atoms with van der Waals surface area (Å²) >= 11 is 0. The third-order valence-corrected chi connectivity index (χ3v) is 5.43. The number of aliphatic carboxylic acids is 1. The van der Waals surface area contributed by atoms with Crippen molar-refractivity contribution < 1.29 is 29.6 Å². The first-order valence-electron chi connectivity index (χ1n) is 11.2. The van der Waals surface area contributed by atoms with E-state index in [2.05, 4.69) is 20.5 Å². The van der Waals surface area contributed by atoms with Crippen LogP contribution in [0.3, 0.4) is 0 Å². The fourth-order valence-electron chi connectivity index (χ4n) is 3.59. The molecular formula is C27H24N4O6. The van der Waals surface area contributed by atoms with E-state index in [4.69, 9.17) is 14.6 Å². The quantitative estimate of drug-likeness (QED) is 0.219. The second-order valence-electron chi connectivity index (χ2n) is 8.21. The summed E-state index contributed by atoms with van der Waals surface area (Å²) < 4.78 is 10.9. The highest BCUT2D eigenvalue weighted by Crippen LogP contribution is 2.43. The predicted octanol–water partition coefficient (Wildman–Crippen LogP) is 7.17. The van der Waals surface area contributed by atoms with Crippen molar-refractivity contribution >= 4 is 39.5 Å². The van der Waals surface area contributed by atoms with Crippen molar-refractivity contribution in [2.75, 3.05) is 13.7 Å². The van der Waals surface area contributed by atoms with Gasteiger partial charge in [-0.2, -0.15) is 5.11 Å². The van der Waals surface area contributed by atoms with Gasteiger partial charge in [-0.1, -0.05) is 17.7 Å². The van der Waals surface area contributed by atoms with Crippen LogP contribution in [0.2, 0.25) is 0 Å². The molecule has 4 aromatic rings. The lowest BCUT2D eigenvalue weighted by molar-refractivity contribution is -0.139. The van der Waals surface area contributed by atoms with E-state index in [1.54, 1.807) is 12.1 Å². The third kappa shape index (κ3) is 5.81. The van der Waals surface area contributed by atoms with Gasteiger partial charge in [0, 0.05) is 17.5 Å². The van der Waals surface area contributed by atoms with Gasteiger partial charge in [0.25, 0.3) is 0 Å². The van der Waals surface area contributed by atoms with Crippen molar-refractivity contribution in [2.45, 2.75) is 13.8 Å². The number of hydrogen-bond acceptors (Lipinski definition) is 9. The maximum atomic E-state index is 11.2. The molecule has 0 bridgehead atoms. The molecule has 0 saturated carbocycles. The zero-order valence-electron chi connectivity index (χ0n) is 20.3. The Bertz CT molecular complexity index is 1530. The Hall–Kier alpha value is -4.99. The van der Waals surface area contributed by atoms with Crippen molar-refractivity contribution in [2.24, 2.45) is 20.5 Å². The van der Waals surface area contributed by atoms with Crippen molar-refractivity contribution in [3.8, 4) is 23.0 Å². The first-order chi connectivity index (χ1) is 17.7. The molecule has 0 radical (unpaired) electrons. The van der Waals surface area contributed by atoms with Crippen LogP contribution in [0.25, 0.3) is 10.8 Å². The van der Waals surface area contributed by atoms with E-state index in [9.17, 15) is 15.0 Å². The molecule has 4 aromatic carbocycles. The summed E-state index contributed by atoms with van der Waals surface area (Å²) in [6.45, 7) is 3.12. The van der Waals surface area contributed by atoms with Gasteiger partial charge in [0.1, 0.15) is 34.3 Å². The minimum Gasteiger partial charge on any atom is -0.508 e. The highest BCUT2D eigenvalue weighted by molar-refractivity contribution is 5.94. The highest BCUT2D eigenvalue weighted by atomic mass is 16.5. The lowest BCUT2D eigenvalue weighted by Crippen LogP contribution is -2.09. The summed E-state index contributed by atoms with van der Waals surface area (Å²) in [4.78, 5) is 11.2. The summed E-state index contributed by atoms with van der Waals surface area (Å²) in [6.07, 6.45) is 0. The SMILES string of the molecule is COc1cc(N=Nc2c(C)cc3ccc(C)cc3c2O)c(OCC(=O)O)cc1N=Nc1ccc(O)cc1. The van der Waals surface area contributed by atoms with E-state index < -0.39 is 12.6 Å². The summed E-state index contributed by atoms with van der Waals surface area (Å²) in [5.74, 6) is -0.723. The fourth-order valence-corrected chi connectivity index (χ4v) is 3.59. The number of ether oxygens (including phenoxy) is 2. The summed E-state index contributed by atoms with van der Waals surface area (Å²) in [5.41, 5.74) is 2.88. The number of carbonyl (C=O) groups is 1. The number of nitrogens with zero attached hydrogens (tertiary/aromatic N) is 4. The van der Waals surface area contributed by atoms with E-state index >= 15 is 0 Å². The molecule has 0 fully saturated rings. The molecule has 0 aromatic heterocycles. The Morgan fingerprint density at radius 1 is 0.838 bits per heavy atom. The average molecular weight is 501 g/mol. The van der Waals surface area contributed by atoms with Crippen LogP contribution in [0.5, 0.6) is 23.0 Å². The van der Waals surface area contributed by atoms with Crippen LogP contribution in [0.1, 0.15) is 11.1 Å². The van der Waals surface area contributed by atoms with Crippen LogP contribution < -0.4 is 9.47 Å². The van der Waals surface area contributed by atoms with E-state index in [1.807, 2.05) is 38.1 Å². The molecule has 0 atom stereocenters. The predicted molar refractivity (Wildman–Crippen MR) is 138 cm³/mol. The Morgan fingerprint density at radius 2 is 1.51 bits per heavy atom. The standard InChI is InChI=1S/C27H24N4O6/c1-15-4-5-17-11-16(2)26(27(35)20(17)10-15)31-30-22-12-23(36-3)21(13-24(22)37-14-25(33)34)29-28-18-6-8-19(32)9-7-18/h4-13,32,35H,14H2,1-3H3,(H,33,34). The number of phenolic OH excluding ortho intramolecular Hbond substituents is 2. The first-order valence-corrected chi connectivity index (χ1v) is 11.2. The van der Waals surface area contributed by atoms with Gasteiger partial charge in [0.15, 0.2) is 12.4 Å². The Morgan fingerprint density at radius 3 is 2.22 bits per heavy atom. The van der Waals surface area contributed by atoms with E-state index in [-0.39, 0.29) is 40.1 Å². The number of aryl methyl sites for hydroxylation is 2. The fraction of sp³-hybridized carbons (Fsp3) is 0.148. The number of carboxylic acid groups (broad SMARTS) is 1. The summed E-state index contributed by atoms with van der Waals surface area (Å²) in [5, 5.41) is 47.8. The number of aromatic hydroxyl groups is 2. The van der Waals surface area contributed by atoms with Crippen molar-refractivity contribution in [1.29, 1.82) is 0 Å². The van der Waals surface area contributed by atoms with Crippen molar-refractivity contribution in [3.05, 3.63) is 71.8 Å². The number of fused-ring (bicyclic) bond motifs is 1. The van der Waals surface area contributed by atoms with Crippen LogP contribution >= 0.6 is 0 Å². The largest absolute Gasteiger partial charge is 0.508 e. The van der Waals surface area contributed by atoms with Crippen LogP contribution in [0, 0.1) is 13.8 Å². The van der Waals surface area contributed by atoms with Gasteiger partial charge < -0.3 is 24.8 Å². The number of phenols is 2. The molecule has 4 rings (SSSR count). The summed E-state index contributed by atoms with van der Waals surface area (Å²) in [7, 11) is 1.44. The van der Waals surface area contributed by atoms with Crippen molar-refractivity contribution in [3.63, 3.8) is 0 Å². The number of methoxy groups -OCH3 is 1. The minimum atomic E-state index is -1.18. The van der Waals surface area contributed by atoms with Crippen LogP contribution in [0.4, 0.5) is 22.7 Å². The summed E-state index contributed by atoms with van der Waals surface area (Å²) in [6, 6.07) is 16.7. The molecule has 0 spiro atoms. The normalized spacial score (nSPS) is 11.4. The second-order valence-corrected chi connectivity index (χ2v) is 8.21. The molecule has 3 N–H and O–H groups in total. The van der Waals surface area contributed by atoms with Crippen LogP contribution in [0.15, 0.2) is 81.1 Å². The first kappa shape index (κ1) is 25.1. The minimum absolute atomic E-state index is 0.0123. The Kier molecular flexibility index (Phi) is 7.28. The molecule has 0 unspecified atom stereocenters. The molecule has 10 nitrogen and oxygen atoms in total. The van der Waals surface area contributed by atoms with E-state index in [0.29, 0.717) is 16.6 Å². The topological polar surface area (TPSA) is 146 Å². The molecule has 0 heterocycles. The molecule has 0 saturated heterocycles. The van der Waals surface area contributed by atoms with E-state index in [1.165, 1.54) is 31.4 Å². The van der Waals surface area contributed by atoms with Gasteiger partial charge in [0.2, 0.25) is 0 Å². The average Bonchev–Trinajstić information content (AvgIpc) is 2.87. The number of rotatable bonds is 8.